The number of ether oxygens (including phenoxy) is 1. The molecule has 0 unspecified atom stereocenters. The topological polar surface area (TPSA) is 93.0 Å². The number of benzene rings is 2. The van der Waals surface area contributed by atoms with Crippen LogP contribution in [-0.4, -0.2) is 54.5 Å². The van der Waals surface area contributed by atoms with Gasteiger partial charge in [-0.1, -0.05) is 35.9 Å². The van der Waals surface area contributed by atoms with Crippen LogP contribution in [0.4, 0.5) is 11.4 Å². The highest BCUT2D eigenvalue weighted by Crippen LogP contribution is 2.25. The maximum atomic E-state index is 12.3. The second-order valence-corrected chi connectivity index (χ2v) is 7.02. The number of hydrogen-bond donors (Lipinski definition) is 0. The summed E-state index contributed by atoms with van der Waals surface area (Å²) in [7, 11) is 0. The largest absolute Gasteiger partial charge is 0.452 e. The molecule has 0 atom stereocenters. The standard InChI is InChI=1S/C21H20ClN3O5/c22-18-8-6-16(14-19(18)25(28)29)7-9-21(27)30-15-20(26)24-12-10-23(11-13-24)17-4-2-1-3-5-17/h1-9,14H,10-13,15H2/b9-7+. The first-order valence-electron chi connectivity index (χ1n) is 9.30. The first kappa shape index (κ1) is 21.3. The van der Waals surface area contributed by atoms with Crippen molar-refractivity contribution in [2.45, 2.75) is 0 Å². The van der Waals surface area contributed by atoms with Gasteiger partial charge in [-0.05, 0) is 29.8 Å². The fourth-order valence-electron chi connectivity index (χ4n) is 3.06. The molecule has 1 saturated heterocycles. The predicted octanol–water partition coefficient (Wildman–Crippen LogP) is 3.15. The van der Waals surface area contributed by atoms with E-state index in [4.69, 9.17) is 16.3 Å². The highest BCUT2D eigenvalue weighted by molar-refractivity contribution is 6.32. The van der Waals surface area contributed by atoms with Gasteiger partial charge in [0.15, 0.2) is 6.61 Å². The number of anilines is 1. The van der Waals surface area contributed by atoms with Gasteiger partial charge in [-0.25, -0.2) is 4.79 Å². The zero-order valence-electron chi connectivity index (χ0n) is 16.1. The Morgan fingerprint density at radius 1 is 1.10 bits per heavy atom. The lowest BCUT2D eigenvalue weighted by atomic mass is 10.2. The molecule has 1 fully saturated rings. The number of para-hydroxylation sites is 1. The zero-order valence-corrected chi connectivity index (χ0v) is 16.8. The van der Waals surface area contributed by atoms with E-state index in [9.17, 15) is 19.7 Å². The molecule has 0 aromatic heterocycles. The summed E-state index contributed by atoms with van der Waals surface area (Å²) in [6.45, 7) is 2.16. The molecule has 2 aromatic rings. The number of carbonyl (C=O) groups excluding carboxylic acids is 2. The van der Waals surface area contributed by atoms with Gasteiger partial charge in [0.25, 0.3) is 11.6 Å². The molecule has 0 radical (unpaired) electrons. The summed E-state index contributed by atoms with van der Waals surface area (Å²) in [5.74, 6) is -0.963. The van der Waals surface area contributed by atoms with E-state index in [2.05, 4.69) is 4.90 Å². The molecule has 2 aromatic carbocycles. The minimum atomic E-state index is -0.705. The molecule has 0 saturated carbocycles. The predicted molar refractivity (Wildman–Crippen MR) is 113 cm³/mol. The highest BCUT2D eigenvalue weighted by Gasteiger charge is 2.22. The third kappa shape index (κ3) is 5.57. The van der Waals surface area contributed by atoms with Crippen LogP contribution in [0, 0.1) is 10.1 Å². The molecular formula is C21H20ClN3O5. The van der Waals surface area contributed by atoms with E-state index in [1.165, 1.54) is 24.3 Å². The van der Waals surface area contributed by atoms with Gasteiger partial charge in [-0.2, -0.15) is 0 Å². The molecular weight excluding hydrogens is 410 g/mol. The molecule has 0 aliphatic carbocycles. The Hall–Kier alpha value is -3.39. The lowest BCUT2D eigenvalue weighted by molar-refractivity contribution is -0.384. The maximum absolute atomic E-state index is 12.3. The van der Waals surface area contributed by atoms with Gasteiger partial charge < -0.3 is 14.5 Å². The van der Waals surface area contributed by atoms with Crippen LogP contribution in [0.15, 0.2) is 54.6 Å². The number of amides is 1. The van der Waals surface area contributed by atoms with Gasteiger partial charge in [0, 0.05) is 44.0 Å². The fraction of sp³-hybridized carbons (Fsp3) is 0.238. The summed E-state index contributed by atoms with van der Waals surface area (Å²) in [6.07, 6.45) is 2.49. The van der Waals surface area contributed by atoms with E-state index in [0.717, 1.165) is 11.8 Å². The summed E-state index contributed by atoms with van der Waals surface area (Å²) in [6, 6.07) is 14.1. The molecule has 156 valence electrons. The summed E-state index contributed by atoms with van der Waals surface area (Å²) >= 11 is 5.75. The van der Waals surface area contributed by atoms with Gasteiger partial charge in [-0.15, -0.1) is 0 Å². The average molecular weight is 430 g/mol. The van der Waals surface area contributed by atoms with Crippen molar-refractivity contribution in [3.63, 3.8) is 0 Å². The first-order chi connectivity index (χ1) is 14.4. The number of nitro benzene ring substituents is 1. The van der Waals surface area contributed by atoms with E-state index in [0.29, 0.717) is 31.7 Å². The number of rotatable bonds is 6. The van der Waals surface area contributed by atoms with Crippen LogP contribution < -0.4 is 4.90 Å². The molecule has 0 spiro atoms. The van der Waals surface area contributed by atoms with Crippen LogP contribution >= 0.6 is 11.6 Å². The van der Waals surface area contributed by atoms with Gasteiger partial charge in [0.2, 0.25) is 0 Å². The smallest absolute Gasteiger partial charge is 0.331 e. The Morgan fingerprint density at radius 3 is 2.47 bits per heavy atom. The first-order valence-corrected chi connectivity index (χ1v) is 9.68. The van der Waals surface area contributed by atoms with Gasteiger partial charge in [0.05, 0.1) is 4.92 Å². The second-order valence-electron chi connectivity index (χ2n) is 6.61. The van der Waals surface area contributed by atoms with Crippen molar-refractivity contribution >= 4 is 40.9 Å². The van der Waals surface area contributed by atoms with Crippen molar-refractivity contribution in [1.82, 2.24) is 4.90 Å². The third-order valence-corrected chi connectivity index (χ3v) is 4.99. The molecule has 3 rings (SSSR count). The van der Waals surface area contributed by atoms with Crippen molar-refractivity contribution in [3.05, 3.63) is 75.3 Å². The fourth-order valence-corrected chi connectivity index (χ4v) is 3.25. The molecule has 30 heavy (non-hydrogen) atoms. The van der Waals surface area contributed by atoms with Crippen LogP contribution in [-0.2, 0) is 14.3 Å². The molecule has 1 heterocycles. The Kier molecular flexibility index (Phi) is 7.03. The molecule has 1 aliphatic rings. The van der Waals surface area contributed by atoms with E-state index >= 15 is 0 Å². The number of piperazine rings is 1. The molecule has 0 bridgehead atoms. The van der Waals surface area contributed by atoms with E-state index in [1.807, 2.05) is 30.3 Å². The average Bonchev–Trinajstić information content (AvgIpc) is 2.77. The highest BCUT2D eigenvalue weighted by atomic mass is 35.5. The summed E-state index contributed by atoms with van der Waals surface area (Å²) in [5.41, 5.74) is 1.28. The summed E-state index contributed by atoms with van der Waals surface area (Å²) < 4.78 is 5.00. The number of nitrogens with zero attached hydrogens (tertiary/aromatic N) is 3. The number of hydrogen-bond acceptors (Lipinski definition) is 6. The number of carbonyl (C=O) groups is 2. The van der Waals surface area contributed by atoms with Crippen molar-refractivity contribution in [1.29, 1.82) is 0 Å². The Morgan fingerprint density at radius 2 is 1.80 bits per heavy atom. The van der Waals surface area contributed by atoms with E-state index < -0.39 is 10.9 Å². The number of esters is 1. The minimum Gasteiger partial charge on any atom is -0.452 e. The zero-order chi connectivity index (χ0) is 21.5. The summed E-state index contributed by atoms with van der Waals surface area (Å²) in [5, 5.41) is 10.9. The molecule has 1 amide bonds. The third-order valence-electron chi connectivity index (χ3n) is 4.67. The van der Waals surface area contributed by atoms with Gasteiger partial charge in [0.1, 0.15) is 5.02 Å². The van der Waals surface area contributed by atoms with Crippen LogP contribution in [0.2, 0.25) is 5.02 Å². The van der Waals surface area contributed by atoms with Crippen LogP contribution in [0.3, 0.4) is 0 Å². The molecule has 1 aliphatic heterocycles. The number of halogens is 1. The maximum Gasteiger partial charge on any atom is 0.331 e. The Balaban J connectivity index is 1.46. The van der Waals surface area contributed by atoms with E-state index in [-0.39, 0.29) is 23.2 Å². The van der Waals surface area contributed by atoms with Crippen molar-refractivity contribution in [2.24, 2.45) is 0 Å². The van der Waals surface area contributed by atoms with Crippen molar-refractivity contribution in [3.8, 4) is 0 Å². The van der Waals surface area contributed by atoms with Gasteiger partial charge in [-0.3, -0.25) is 14.9 Å². The van der Waals surface area contributed by atoms with Crippen molar-refractivity contribution in [2.75, 3.05) is 37.7 Å². The lowest BCUT2D eigenvalue weighted by Crippen LogP contribution is -2.49. The molecule has 9 heteroatoms. The quantitative estimate of drug-likeness (QED) is 0.303. The monoisotopic (exact) mass is 429 g/mol. The molecule has 0 N–H and O–H groups in total. The van der Waals surface area contributed by atoms with Crippen molar-refractivity contribution < 1.29 is 19.2 Å². The SMILES string of the molecule is O=C(/C=C/c1ccc(Cl)c([N+](=O)[O-])c1)OCC(=O)N1CCN(c2ccccc2)CC1. The normalized spacial score (nSPS) is 14.0. The van der Waals surface area contributed by atoms with Crippen LogP contribution in [0.5, 0.6) is 0 Å². The Labute approximate surface area is 178 Å². The Bertz CT molecular complexity index is 956. The number of nitro groups is 1. The second kappa shape index (κ2) is 9.89. The summed E-state index contributed by atoms with van der Waals surface area (Å²) in [4.78, 5) is 38.3. The van der Waals surface area contributed by atoms with Crippen LogP contribution in [0.25, 0.3) is 6.08 Å². The lowest BCUT2D eigenvalue weighted by Gasteiger charge is -2.36. The minimum absolute atomic E-state index is 0.0117. The molecule has 8 nitrogen and oxygen atoms in total. The van der Waals surface area contributed by atoms with Crippen LogP contribution in [0.1, 0.15) is 5.56 Å². The van der Waals surface area contributed by atoms with Gasteiger partial charge >= 0.3 is 5.97 Å². The van der Waals surface area contributed by atoms with E-state index in [1.54, 1.807) is 4.90 Å².